The van der Waals surface area contributed by atoms with Crippen molar-refractivity contribution in [3.63, 3.8) is 0 Å². The van der Waals surface area contributed by atoms with Gasteiger partial charge in [-0.2, -0.15) is 0 Å². The number of fused-ring (bicyclic) bond motifs is 1. The molecule has 1 spiro atoms. The largest absolute Gasteiger partial charge is 0.423 e. The van der Waals surface area contributed by atoms with Gasteiger partial charge in [-0.3, -0.25) is 29.5 Å². The number of hydrogen-bond donors (Lipinski definition) is 7. The van der Waals surface area contributed by atoms with Crippen LogP contribution in [-0.2, 0) is 28.7 Å². The SMILES string of the molecule is CC(NC1CC2[C@](C)(CC[C@@H](O)[C@@]2(C)CO)C(/C=C/C2=CC(=C\c3ccc(NC(=O)CC(=O)NC4C5CN6CC4CN(C5)C6)cc3)/OC2=O)C12CO2)C(=O)Nc1ncc[nH]1. The summed E-state index contributed by atoms with van der Waals surface area (Å²) in [5.41, 5.74) is -0.209. The number of nitrogens with one attached hydrogen (secondary N) is 5. The maximum atomic E-state index is 13.2. The third-order valence-electron chi connectivity index (χ3n) is 14.8. The van der Waals surface area contributed by atoms with E-state index in [0.29, 0.717) is 60.7 Å². The lowest BCUT2D eigenvalue weighted by molar-refractivity contribution is -0.174. The summed E-state index contributed by atoms with van der Waals surface area (Å²) in [4.78, 5) is 64.0. The predicted octanol–water partition coefficient (Wildman–Crippen LogP) is 1.99. The van der Waals surface area contributed by atoms with Crippen molar-refractivity contribution >= 4 is 41.4 Å². The average Bonchev–Trinajstić information content (AvgIpc) is 3.66. The van der Waals surface area contributed by atoms with Crippen molar-refractivity contribution < 1.29 is 38.9 Å². The smallest absolute Gasteiger partial charge is 0.343 e. The van der Waals surface area contributed by atoms with E-state index in [4.69, 9.17) is 9.47 Å². The standard InChI is InChI=1S/C44H56N8O8/c1-25(39(57)50-41-45-12-13-46-41)47-34-16-33-42(2,11-10-35(54)43(33,3)22-53)32(44(34)23-59-44)9-6-27-15-31(60-40(27)58)14-26-4-7-30(8-5-26)48-36(55)17-37(56)49-38-28-18-51-20-29(38)21-52(19-28)24-51/h4-9,12-15,25,28-29,32-35,38,47,53-54H,10-11,16-24H2,1-3H3,(H,48,55)(H,49,56)(H2,45,46,50,57)/b9-6+,31-14+/t25?,28?,29?,32?,33?,34?,35-,38?,42-,43+,44?/m1/s1. The van der Waals surface area contributed by atoms with E-state index in [0.717, 1.165) is 38.4 Å². The average molecular weight is 825 g/mol. The van der Waals surface area contributed by atoms with E-state index in [1.807, 2.05) is 13.0 Å². The fraction of sp³-hybridized carbons (Fsp3) is 0.568. The third-order valence-corrected chi connectivity index (χ3v) is 14.8. The van der Waals surface area contributed by atoms with Crippen molar-refractivity contribution in [3.05, 3.63) is 71.8 Å². The van der Waals surface area contributed by atoms with Crippen LogP contribution < -0.4 is 21.3 Å². The molecule has 16 heteroatoms. The lowest BCUT2D eigenvalue weighted by Crippen LogP contribution is -2.71. The molecule has 10 rings (SSSR count). The van der Waals surface area contributed by atoms with Crippen molar-refractivity contribution in [1.82, 2.24) is 30.4 Å². The summed E-state index contributed by atoms with van der Waals surface area (Å²) < 4.78 is 12.0. The van der Waals surface area contributed by atoms with E-state index in [-0.39, 0.29) is 54.7 Å². The third kappa shape index (κ3) is 7.51. The van der Waals surface area contributed by atoms with Gasteiger partial charge in [-0.1, -0.05) is 38.1 Å². The second kappa shape index (κ2) is 15.6. The molecule has 16 nitrogen and oxygen atoms in total. The number of aliphatic hydroxyl groups excluding tert-OH is 2. The molecule has 0 radical (unpaired) electrons. The van der Waals surface area contributed by atoms with Crippen LogP contribution in [0.5, 0.6) is 0 Å². The Morgan fingerprint density at radius 2 is 1.78 bits per heavy atom. The first kappa shape index (κ1) is 40.7. The van der Waals surface area contributed by atoms with Crippen molar-refractivity contribution in [3.8, 4) is 0 Å². The highest BCUT2D eigenvalue weighted by Crippen LogP contribution is 2.66. The van der Waals surface area contributed by atoms with Gasteiger partial charge in [-0.15, -0.1) is 0 Å². The Balaban J connectivity index is 0.864. The number of esters is 1. The number of ether oxygens (including phenoxy) is 2. The number of hydrogen-bond acceptors (Lipinski definition) is 12. The molecule has 60 heavy (non-hydrogen) atoms. The number of aromatic amines is 1. The van der Waals surface area contributed by atoms with Gasteiger partial charge in [0.05, 0.1) is 37.6 Å². The van der Waals surface area contributed by atoms with E-state index >= 15 is 0 Å². The molecule has 5 saturated heterocycles. The van der Waals surface area contributed by atoms with E-state index in [9.17, 15) is 29.4 Å². The highest BCUT2D eigenvalue weighted by atomic mass is 16.6. The molecular formula is C44H56N8O8. The van der Waals surface area contributed by atoms with Crippen LogP contribution in [0, 0.1) is 34.5 Å². The number of epoxide rings is 1. The second-order valence-corrected chi connectivity index (χ2v) is 18.7. The number of H-pyrrole nitrogens is 1. The minimum Gasteiger partial charge on any atom is -0.423 e. The van der Waals surface area contributed by atoms with E-state index in [1.54, 1.807) is 61.8 Å². The minimum absolute atomic E-state index is 0.112. The first-order valence-corrected chi connectivity index (χ1v) is 21.2. The molecule has 7 heterocycles. The van der Waals surface area contributed by atoms with Crippen LogP contribution in [0.15, 0.2) is 66.2 Å². The van der Waals surface area contributed by atoms with Crippen molar-refractivity contribution in [1.29, 1.82) is 0 Å². The van der Waals surface area contributed by atoms with Gasteiger partial charge < -0.3 is 40.6 Å². The molecule has 8 aliphatic rings. The Hall–Kier alpha value is -4.71. The van der Waals surface area contributed by atoms with Gasteiger partial charge in [0, 0.05) is 79.5 Å². The first-order valence-electron chi connectivity index (χ1n) is 21.2. The van der Waals surface area contributed by atoms with Crippen molar-refractivity contribution in [2.75, 3.05) is 56.7 Å². The van der Waals surface area contributed by atoms with Gasteiger partial charge in [0.25, 0.3) is 0 Å². The topological polar surface area (TPSA) is 214 Å². The Bertz CT molecular complexity index is 2070. The number of aliphatic hydroxyl groups is 2. The number of aromatic nitrogens is 2. The van der Waals surface area contributed by atoms with Crippen LogP contribution in [0.3, 0.4) is 0 Å². The summed E-state index contributed by atoms with van der Waals surface area (Å²) in [6.45, 7) is 11.1. The van der Waals surface area contributed by atoms with Gasteiger partial charge >= 0.3 is 5.97 Å². The number of benzene rings is 1. The van der Waals surface area contributed by atoms with Crippen molar-refractivity contribution in [2.24, 2.45) is 34.5 Å². The second-order valence-electron chi connectivity index (χ2n) is 18.7. The number of piperidine rings is 2. The van der Waals surface area contributed by atoms with Gasteiger partial charge in [-0.25, -0.2) is 9.78 Å². The number of cyclic esters (lactones) is 1. The quantitative estimate of drug-likeness (QED) is 0.0931. The normalized spacial score (nSPS) is 38.7. The highest BCUT2D eigenvalue weighted by molar-refractivity contribution is 6.03. The molecule has 4 bridgehead atoms. The van der Waals surface area contributed by atoms with Gasteiger partial charge in [0.15, 0.2) is 0 Å². The maximum absolute atomic E-state index is 13.2. The number of rotatable bonds is 12. The molecule has 5 unspecified atom stereocenters. The summed E-state index contributed by atoms with van der Waals surface area (Å²) >= 11 is 0. The predicted molar refractivity (Wildman–Crippen MR) is 220 cm³/mol. The molecule has 6 aliphatic heterocycles. The van der Waals surface area contributed by atoms with Crippen molar-refractivity contribution in [2.45, 2.75) is 76.3 Å². The number of nitrogens with zero attached hydrogens (tertiary/aromatic N) is 3. The molecule has 2 aromatic rings. The van der Waals surface area contributed by atoms with E-state index < -0.39 is 34.5 Å². The molecule has 1 aromatic carbocycles. The number of carbonyl (C=O) groups is 4. The Morgan fingerprint density at radius 3 is 2.43 bits per heavy atom. The molecule has 1 aromatic heterocycles. The number of imidazole rings is 1. The number of anilines is 2. The maximum Gasteiger partial charge on any atom is 0.343 e. The summed E-state index contributed by atoms with van der Waals surface area (Å²) in [6, 6.07) is 6.28. The number of allylic oxidation sites excluding steroid dienone is 1. The molecule has 2 aliphatic carbocycles. The van der Waals surface area contributed by atoms with Gasteiger partial charge in [0.2, 0.25) is 23.7 Å². The Kier molecular flexibility index (Phi) is 10.6. The molecule has 7 N–H and O–H groups in total. The zero-order chi connectivity index (χ0) is 42.0. The molecular weight excluding hydrogens is 769 g/mol. The number of carbonyl (C=O) groups excluding carboxylic acids is 4. The zero-order valence-electron chi connectivity index (χ0n) is 34.4. The van der Waals surface area contributed by atoms with Crippen LogP contribution in [0.4, 0.5) is 11.6 Å². The van der Waals surface area contributed by atoms with Gasteiger partial charge in [-0.05, 0) is 67.4 Å². The van der Waals surface area contributed by atoms with Crippen LogP contribution >= 0.6 is 0 Å². The van der Waals surface area contributed by atoms with Crippen LogP contribution in [-0.4, -0.2) is 130 Å². The Labute approximate surface area is 349 Å². The summed E-state index contributed by atoms with van der Waals surface area (Å²) in [6.07, 6.45) is 11.2. The Morgan fingerprint density at radius 1 is 1.07 bits per heavy atom. The first-order chi connectivity index (χ1) is 28.8. The summed E-state index contributed by atoms with van der Waals surface area (Å²) in [7, 11) is 0. The highest BCUT2D eigenvalue weighted by Gasteiger charge is 2.70. The summed E-state index contributed by atoms with van der Waals surface area (Å²) in [5, 5.41) is 34.3. The van der Waals surface area contributed by atoms with E-state index in [2.05, 4.69) is 48.0 Å². The fourth-order valence-electron chi connectivity index (χ4n) is 11.7. The molecule has 3 amide bonds. The van der Waals surface area contributed by atoms with Crippen LogP contribution in [0.1, 0.15) is 52.0 Å². The molecule has 2 saturated carbocycles. The number of amides is 3. The molecule has 320 valence electrons. The molecule has 8 atom stereocenters. The lowest BCUT2D eigenvalue weighted by atomic mass is 9.44. The fourth-order valence-corrected chi connectivity index (χ4v) is 11.7. The zero-order valence-corrected chi connectivity index (χ0v) is 34.4. The monoisotopic (exact) mass is 824 g/mol. The van der Waals surface area contributed by atoms with Crippen LogP contribution in [0.2, 0.25) is 0 Å². The summed E-state index contributed by atoms with van der Waals surface area (Å²) in [5.74, 6) is -0.272. The minimum atomic E-state index is -0.797. The molecule has 7 fully saturated rings. The van der Waals surface area contributed by atoms with E-state index in [1.165, 1.54) is 0 Å². The van der Waals surface area contributed by atoms with Crippen LogP contribution in [0.25, 0.3) is 6.08 Å². The van der Waals surface area contributed by atoms with Gasteiger partial charge in [0.1, 0.15) is 17.8 Å². The lowest BCUT2D eigenvalue weighted by Gasteiger charge is -2.62.